The fourth-order valence-corrected chi connectivity index (χ4v) is 6.68. The van der Waals surface area contributed by atoms with E-state index in [0.717, 1.165) is 19.4 Å². The smallest absolute Gasteiger partial charge is 0.325 e. The average molecular weight is 552 g/mol. The van der Waals surface area contributed by atoms with Crippen LogP contribution in [0.1, 0.15) is 58.1 Å². The first-order valence-electron chi connectivity index (χ1n) is 14.0. The van der Waals surface area contributed by atoms with Crippen LogP contribution in [0.5, 0.6) is 0 Å². The number of para-hydroxylation sites is 2. The number of fused-ring (bicyclic) bond motifs is 2. The third-order valence-electron chi connectivity index (χ3n) is 8.19. The van der Waals surface area contributed by atoms with E-state index < -0.39 is 7.60 Å². The number of rotatable bonds is 12. The van der Waals surface area contributed by atoms with Crippen LogP contribution in [0, 0.1) is 0 Å². The number of nitrogens with zero attached hydrogens (tertiary/aromatic N) is 2. The van der Waals surface area contributed by atoms with Crippen LogP contribution in [0.3, 0.4) is 0 Å². The largest absolute Gasteiger partial charge is 0.396 e. The van der Waals surface area contributed by atoms with Gasteiger partial charge in [-0.1, -0.05) is 68.5 Å². The van der Waals surface area contributed by atoms with Crippen LogP contribution in [0.25, 0.3) is 0 Å². The molecule has 2 atom stereocenters. The Balaban J connectivity index is 1.52. The third-order valence-corrected chi connectivity index (χ3v) is 8.85. The van der Waals surface area contributed by atoms with Gasteiger partial charge in [0.15, 0.2) is 12.3 Å². The van der Waals surface area contributed by atoms with Crippen molar-refractivity contribution in [1.29, 1.82) is 0 Å². The lowest BCUT2D eigenvalue weighted by Gasteiger charge is -2.34. The van der Waals surface area contributed by atoms with Gasteiger partial charge in [0.05, 0.1) is 12.0 Å². The minimum Gasteiger partial charge on any atom is -0.396 e. The SMILES string of the molecule is CC1(C)C(/C=C/C=C/CC2N(CCCO)c3ccccc3C2(C)C)=[N+](CCCOP(C)(=O)O)c2ccccc21. The van der Waals surface area contributed by atoms with Crippen LogP contribution < -0.4 is 4.90 Å². The molecule has 39 heavy (non-hydrogen) atoms. The highest BCUT2D eigenvalue weighted by Crippen LogP contribution is 2.46. The molecule has 210 valence electrons. The number of hydrogen-bond donors (Lipinski definition) is 2. The molecule has 2 heterocycles. The van der Waals surface area contributed by atoms with E-state index in [1.807, 2.05) is 0 Å². The second-order valence-electron chi connectivity index (χ2n) is 11.7. The molecule has 2 aliphatic heterocycles. The average Bonchev–Trinajstić information content (AvgIpc) is 3.23. The van der Waals surface area contributed by atoms with Crippen LogP contribution in [0.2, 0.25) is 0 Å². The molecule has 0 radical (unpaired) electrons. The first-order valence-corrected chi connectivity index (χ1v) is 16.0. The Labute approximate surface area is 233 Å². The Bertz CT molecular complexity index is 1300. The van der Waals surface area contributed by atoms with E-state index in [-0.39, 0.29) is 24.0 Å². The minimum absolute atomic E-state index is 0.0137. The van der Waals surface area contributed by atoms with Crippen LogP contribution in [0.15, 0.2) is 72.8 Å². The fourth-order valence-electron chi connectivity index (χ4n) is 6.22. The van der Waals surface area contributed by atoms with Gasteiger partial charge in [0.1, 0.15) is 0 Å². The normalized spacial score (nSPS) is 21.1. The lowest BCUT2D eigenvalue weighted by molar-refractivity contribution is -0.438. The van der Waals surface area contributed by atoms with Gasteiger partial charge in [-0.15, -0.1) is 0 Å². The highest BCUT2D eigenvalue weighted by atomic mass is 31.2. The maximum Gasteiger partial charge on any atom is 0.325 e. The Morgan fingerprint density at radius 1 is 1.03 bits per heavy atom. The highest BCUT2D eigenvalue weighted by Gasteiger charge is 2.44. The molecular weight excluding hydrogens is 507 g/mol. The Kier molecular flexibility index (Phi) is 9.02. The summed E-state index contributed by atoms with van der Waals surface area (Å²) in [6, 6.07) is 17.4. The van der Waals surface area contributed by atoms with Gasteiger partial charge in [-0.05, 0) is 38.3 Å². The lowest BCUT2D eigenvalue weighted by atomic mass is 9.79. The first kappa shape index (κ1) is 29.5. The van der Waals surface area contributed by atoms with Gasteiger partial charge in [0, 0.05) is 61.1 Å². The number of anilines is 1. The van der Waals surface area contributed by atoms with Gasteiger partial charge in [-0.3, -0.25) is 4.57 Å². The summed E-state index contributed by atoms with van der Waals surface area (Å²) in [5, 5.41) is 9.49. The van der Waals surface area contributed by atoms with Gasteiger partial charge in [-0.2, -0.15) is 4.58 Å². The first-order chi connectivity index (χ1) is 18.5. The standard InChI is InChI=1S/C32H43N2O4P/c1-31(2)25-15-9-11-17-27(25)33(21-13-23-35)29(31)19-7-6-8-20-30-32(3,4)26-16-10-12-18-28(26)34(30)22-14-24-38-39(5,36)37/h6-12,15-18,20,29,35H,13-14,19,21-24H2,1-5H3/p+1/b7-6+,20-8+. The van der Waals surface area contributed by atoms with Gasteiger partial charge in [0.2, 0.25) is 5.69 Å². The second-order valence-corrected chi connectivity index (χ2v) is 13.6. The minimum atomic E-state index is -3.47. The summed E-state index contributed by atoms with van der Waals surface area (Å²) < 4.78 is 19.0. The molecule has 0 aromatic heterocycles. The Morgan fingerprint density at radius 2 is 1.72 bits per heavy atom. The molecular formula is C32H44N2O4P+. The molecule has 7 heteroatoms. The Morgan fingerprint density at radius 3 is 2.44 bits per heavy atom. The van der Waals surface area contributed by atoms with E-state index in [4.69, 9.17) is 4.52 Å². The van der Waals surface area contributed by atoms with E-state index in [0.29, 0.717) is 19.0 Å². The van der Waals surface area contributed by atoms with Crippen molar-refractivity contribution < 1.29 is 23.7 Å². The summed E-state index contributed by atoms with van der Waals surface area (Å²) >= 11 is 0. The molecule has 0 bridgehead atoms. The summed E-state index contributed by atoms with van der Waals surface area (Å²) in [6.07, 6.45) is 11.1. The van der Waals surface area contributed by atoms with Crippen molar-refractivity contribution in [2.24, 2.45) is 0 Å². The Hall–Kier alpha value is -2.50. The molecule has 0 spiro atoms. The van der Waals surface area contributed by atoms with Crippen molar-refractivity contribution in [2.45, 2.75) is 63.8 Å². The zero-order valence-corrected chi connectivity index (χ0v) is 24.9. The van der Waals surface area contributed by atoms with Crippen LogP contribution in [0.4, 0.5) is 11.4 Å². The zero-order chi connectivity index (χ0) is 28.3. The number of allylic oxidation sites excluding steroid dienone is 3. The molecule has 2 N–H and O–H groups in total. The van der Waals surface area contributed by atoms with E-state index in [1.165, 1.54) is 34.9 Å². The molecule has 2 aliphatic rings. The van der Waals surface area contributed by atoms with Gasteiger partial charge < -0.3 is 19.4 Å². The predicted octanol–water partition coefficient (Wildman–Crippen LogP) is 6.34. The van der Waals surface area contributed by atoms with E-state index in [2.05, 4.69) is 110 Å². The summed E-state index contributed by atoms with van der Waals surface area (Å²) in [5.41, 5.74) is 6.18. The second kappa shape index (κ2) is 11.9. The molecule has 2 aromatic carbocycles. The number of hydrogen-bond acceptors (Lipinski definition) is 4. The fraction of sp³-hybridized carbons (Fsp3) is 0.469. The molecule has 2 aromatic rings. The maximum atomic E-state index is 11.5. The molecule has 6 nitrogen and oxygen atoms in total. The monoisotopic (exact) mass is 551 g/mol. The van der Waals surface area contributed by atoms with Crippen LogP contribution in [-0.4, -0.2) is 59.3 Å². The van der Waals surface area contributed by atoms with Crippen molar-refractivity contribution in [3.8, 4) is 0 Å². The van der Waals surface area contributed by atoms with Crippen molar-refractivity contribution in [1.82, 2.24) is 0 Å². The summed E-state index contributed by atoms with van der Waals surface area (Å²) in [7, 11) is -3.47. The lowest BCUT2D eigenvalue weighted by Crippen LogP contribution is -2.41. The molecule has 0 saturated carbocycles. The highest BCUT2D eigenvalue weighted by molar-refractivity contribution is 7.51. The van der Waals surface area contributed by atoms with Crippen molar-refractivity contribution >= 4 is 24.7 Å². The summed E-state index contributed by atoms with van der Waals surface area (Å²) in [6.45, 7) is 12.4. The van der Waals surface area contributed by atoms with Gasteiger partial charge >= 0.3 is 7.60 Å². The molecule has 0 aliphatic carbocycles. The summed E-state index contributed by atoms with van der Waals surface area (Å²) in [5.74, 6) is 0. The number of benzene rings is 2. The topological polar surface area (TPSA) is 73.0 Å². The zero-order valence-electron chi connectivity index (χ0n) is 24.0. The molecule has 2 unspecified atom stereocenters. The van der Waals surface area contributed by atoms with E-state index in [9.17, 15) is 14.6 Å². The van der Waals surface area contributed by atoms with Crippen molar-refractivity contribution in [3.05, 3.63) is 84.0 Å². The van der Waals surface area contributed by atoms with Gasteiger partial charge in [-0.25, -0.2) is 0 Å². The van der Waals surface area contributed by atoms with Crippen LogP contribution in [-0.2, 0) is 19.9 Å². The van der Waals surface area contributed by atoms with E-state index in [1.54, 1.807) is 0 Å². The van der Waals surface area contributed by atoms with E-state index >= 15 is 0 Å². The maximum absolute atomic E-state index is 11.5. The summed E-state index contributed by atoms with van der Waals surface area (Å²) in [4.78, 5) is 11.9. The van der Waals surface area contributed by atoms with Gasteiger partial charge in [0.25, 0.3) is 0 Å². The number of aliphatic hydroxyl groups is 1. The molecule has 4 rings (SSSR count). The number of aliphatic hydroxyl groups excluding tert-OH is 1. The third kappa shape index (κ3) is 6.30. The quantitative estimate of drug-likeness (QED) is 0.139. The van der Waals surface area contributed by atoms with Crippen LogP contribution >= 0.6 is 7.60 Å². The van der Waals surface area contributed by atoms with Crippen molar-refractivity contribution in [3.63, 3.8) is 0 Å². The predicted molar refractivity (Wildman–Crippen MR) is 161 cm³/mol. The van der Waals surface area contributed by atoms with Crippen molar-refractivity contribution in [2.75, 3.05) is 37.9 Å². The molecule has 0 amide bonds. The molecule has 0 fully saturated rings. The molecule has 0 saturated heterocycles.